The second kappa shape index (κ2) is 10.4. The lowest BCUT2D eigenvalue weighted by Crippen LogP contribution is -2.24. The lowest BCUT2D eigenvalue weighted by Gasteiger charge is -2.03. The summed E-state index contributed by atoms with van der Waals surface area (Å²) in [5.41, 5.74) is 2.39. The maximum absolute atomic E-state index is 12.9. The van der Waals surface area contributed by atoms with E-state index >= 15 is 0 Å². The highest BCUT2D eigenvalue weighted by molar-refractivity contribution is 5.75. The molecule has 0 N–H and O–H groups in total. The Balaban J connectivity index is 2.05. The van der Waals surface area contributed by atoms with E-state index in [0.29, 0.717) is 0 Å². The number of hydrogen-bond donors (Lipinski definition) is 0. The van der Waals surface area contributed by atoms with E-state index in [1.165, 1.54) is 51.4 Å². The molecule has 134 valence electrons. The van der Waals surface area contributed by atoms with Crippen LogP contribution in [0.2, 0.25) is 0 Å². The fourth-order valence-corrected chi connectivity index (χ4v) is 3.45. The van der Waals surface area contributed by atoms with Crippen LogP contribution in [0.4, 0.5) is 0 Å². The van der Waals surface area contributed by atoms with Gasteiger partial charge in [0.1, 0.15) is 0 Å². The van der Waals surface area contributed by atoms with Crippen molar-refractivity contribution >= 4 is 11.0 Å². The molecule has 0 aliphatic heterocycles. The molecule has 2 aromatic rings. The van der Waals surface area contributed by atoms with Gasteiger partial charge in [0, 0.05) is 13.1 Å². The van der Waals surface area contributed by atoms with Crippen LogP contribution in [0.3, 0.4) is 0 Å². The summed E-state index contributed by atoms with van der Waals surface area (Å²) in [6.45, 7) is 6.18. The van der Waals surface area contributed by atoms with Crippen molar-refractivity contribution in [3.63, 3.8) is 0 Å². The number of aromatic nitrogens is 2. The average Bonchev–Trinajstić information content (AvgIpc) is 2.87. The number of rotatable bonds is 12. The van der Waals surface area contributed by atoms with E-state index < -0.39 is 0 Å². The summed E-state index contributed by atoms with van der Waals surface area (Å²) in [7, 11) is 0. The number of benzene rings is 1. The topological polar surface area (TPSA) is 26.9 Å². The molecular weight excluding hydrogens is 296 g/mol. The van der Waals surface area contributed by atoms with Crippen LogP contribution in [-0.4, -0.2) is 9.13 Å². The molecule has 0 atom stereocenters. The van der Waals surface area contributed by atoms with Crippen molar-refractivity contribution in [1.29, 1.82) is 0 Å². The number of hydrogen-bond acceptors (Lipinski definition) is 1. The van der Waals surface area contributed by atoms with Crippen LogP contribution in [0.5, 0.6) is 0 Å². The van der Waals surface area contributed by atoms with Crippen LogP contribution >= 0.6 is 0 Å². The molecule has 0 aliphatic rings. The molecule has 2 rings (SSSR count). The van der Waals surface area contributed by atoms with Gasteiger partial charge in [0.2, 0.25) is 0 Å². The van der Waals surface area contributed by atoms with Crippen molar-refractivity contribution in [2.75, 3.05) is 0 Å². The van der Waals surface area contributed by atoms with Crippen LogP contribution in [0.15, 0.2) is 29.1 Å². The smallest absolute Gasteiger partial charge is 0.292 e. The van der Waals surface area contributed by atoms with Gasteiger partial charge in [-0.15, -0.1) is 0 Å². The molecule has 3 heteroatoms. The first-order valence-corrected chi connectivity index (χ1v) is 9.97. The normalized spacial score (nSPS) is 11.4. The van der Waals surface area contributed by atoms with E-state index in [9.17, 15) is 4.79 Å². The Morgan fingerprint density at radius 1 is 0.667 bits per heavy atom. The molecule has 0 unspecified atom stereocenters. The van der Waals surface area contributed by atoms with Crippen LogP contribution in [0, 0.1) is 0 Å². The Morgan fingerprint density at radius 2 is 1.08 bits per heavy atom. The minimum Gasteiger partial charge on any atom is -0.292 e. The second-order valence-electron chi connectivity index (χ2n) is 6.90. The Morgan fingerprint density at radius 3 is 1.50 bits per heavy atom. The van der Waals surface area contributed by atoms with Gasteiger partial charge in [-0.25, -0.2) is 4.79 Å². The molecule has 1 heterocycles. The summed E-state index contributed by atoms with van der Waals surface area (Å²) in [6, 6.07) is 8.27. The number of aryl methyl sites for hydroxylation is 2. The van der Waals surface area contributed by atoms with Crippen LogP contribution in [0.1, 0.15) is 78.1 Å². The molecule has 0 spiro atoms. The lowest BCUT2D eigenvalue weighted by atomic mass is 10.1. The summed E-state index contributed by atoms with van der Waals surface area (Å²) in [6.07, 6.45) is 12.3. The molecule has 0 bridgehead atoms. The number of para-hydroxylation sites is 2. The molecule has 0 saturated heterocycles. The van der Waals surface area contributed by atoms with Gasteiger partial charge in [-0.1, -0.05) is 77.3 Å². The quantitative estimate of drug-likeness (QED) is 0.456. The molecule has 0 fully saturated rings. The lowest BCUT2D eigenvalue weighted by molar-refractivity contribution is 0.533. The molecule has 0 amide bonds. The van der Waals surface area contributed by atoms with E-state index in [1.54, 1.807) is 0 Å². The van der Waals surface area contributed by atoms with Gasteiger partial charge in [-0.2, -0.15) is 0 Å². The fraction of sp³-hybridized carbons (Fsp3) is 0.667. The van der Waals surface area contributed by atoms with Crippen molar-refractivity contribution < 1.29 is 0 Å². The Hall–Kier alpha value is -1.51. The largest absolute Gasteiger partial charge is 0.329 e. The summed E-state index contributed by atoms with van der Waals surface area (Å²) in [5.74, 6) is 0. The van der Waals surface area contributed by atoms with E-state index in [-0.39, 0.29) is 5.69 Å². The van der Waals surface area contributed by atoms with Gasteiger partial charge < -0.3 is 0 Å². The number of imidazole rings is 1. The van der Waals surface area contributed by atoms with Gasteiger partial charge in [-0.3, -0.25) is 9.13 Å². The van der Waals surface area contributed by atoms with Crippen molar-refractivity contribution in [3.05, 3.63) is 34.7 Å². The van der Waals surface area contributed by atoms with Crippen molar-refractivity contribution in [2.24, 2.45) is 0 Å². The highest BCUT2D eigenvalue weighted by atomic mass is 16.1. The highest BCUT2D eigenvalue weighted by Crippen LogP contribution is 2.15. The zero-order chi connectivity index (χ0) is 17.2. The zero-order valence-electron chi connectivity index (χ0n) is 15.6. The second-order valence-corrected chi connectivity index (χ2v) is 6.90. The van der Waals surface area contributed by atoms with E-state index in [4.69, 9.17) is 0 Å². The van der Waals surface area contributed by atoms with Gasteiger partial charge in [0.05, 0.1) is 11.0 Å². The van der Waals surface area contributed by atoms with E-state index in [1.807, 2.05) is 21.3 Å². The Kier molecular flexibility index (Phi) is 8.14. The standard InChI is InChI=1S/C21H34N2O/c1-3-5-7-9-13-17-22-19-15-11-12-16-20(19)23(21(22)24)18-14-10-8-6-4-2/h11-12,15-16H,3-10,13-14,17-18H2,1-2H3. The van der Waals surface area contributed by atoms with Gasteiger partial charge in [0.15, 0.2) is 0 Å². The van der Waals surface area contributed by atoms with E-state index in [0.717, 1.165) is 37.0 Å². The molecule has 0 aliphatic carbocycles. The zero-order valence-corrected chi connectivity index (χ0v) is 15.6. The van der Waals surface area contributed by atoms with Crippen molar-refractivity contribution in [1.82, 2.24) is 9.13 Å². The maximum Gasteiger partial charge on any atom is 0.329 e. The van der Waals surface area contributed by atoms with Crippen molar-refractivity contribution in [2.45, 2.75) is 91.1 Å². The molecule has 3 nitrogen and oxygen atoms in total. The minimum absolute atomic E-state index is 0.183. The van der Waals surface area contributed by atoms with Crippen LogP contribution in [0.25, 0.3) is 11.0 Å². The minimum atomic E-state index is 0.183. The third-order valence-electron chi connectivity index (χ3n) is 4.90. The summed E-state index contributed by atoms with van der Waals surface area (Å²) in [4.78, 5) is 12.9. The summed E-state index contributed by atoms with van der Waals surface area (Å²) < 4.78 is 3.99. The van der Waals surface area contributed by atoms with Gasteiger partial charge >= 0.3 is 5.69 Å². The van der Waals surface area contributed by atoms with Crippen LogP contribution in [-0.2, 0) is 13.1 Å². The molecule has 0 saturated carbocycles. The average molecular weight is 331 g/mol. The SMILES string of the molecule is CCCCCCCn1c(=O)n(CCCCCCC)c2ccccc21. The third-order valence-corrected chi connectivity index (χ3v) is 4.90. The molecular formula is C21H34N2O. The predicted molar refractivity (Wildman–Crippen MR) is 104 cm³/mol. The van der Waals surface area contributed by atoms with Gasteiger partial charge in [0.25, 0.3) is 0 Å². The Bertz CT molecular complexity index is 599. The first-order valence-electron chi connectivity index (χ1n) is 9.97. The summed E-state index contributed by atoms with van der Waals surface area (Å²) >= 11 is 0. The number of unbranched alkanes of at least 4 members (excludes halogenated alkanes) is 8. The number of nitrogens with zero attached hydrogens (tertiary/aromatic N) is 2. The van der Waals surface area contributed by atoms with Gasteiger partial charge in [-0.05, 0) is 25.0 Å². The fourth-order valence-electron chi connectivity index (χ4n) is 3.45. The maximum atomic E-state index is 12.9. The van der Waals surface area contributed by atoms with Crippen molar-refractivity contribution in [3.8, 4) is 0 Å². The first kappa shape index (κ1) is 18.8. The Labute approximate surface area is 146 Å². The highest BCUT2D eigenvalue weighted by Gasteiger charge is 2.11. The van der Waals surface area contributed by atoms with E-state index in [2.05, 4.69) is 26.0 Å². The van der Waals surface area contributed by atoms with Crippen LogP contribution < -0.4 is 5.69 Å². The number of fused-ring (bicyclic) bond motifs is 1. The third kappa shape index (κ3) is 4.99. The molecule has 0 radical (unpaired) electrons. The summed E-state index contributed by atoms with van der Waals surface area (Å²) in [5, 5.41) is 0. The molecule has 1 aromatic carbocycles. The predicted octanol–water partition coefficient (Wildman–Crippen LogP) is 5.74. The molecule has 1 aromatic heterocycles. The molecule has 24 heavy (non-hydrogen) atoms. The monoisotopic (exact) mass is 330 g/mol. The first-order chi connectivity index (χ1) is 11.8.